The van der Waals surface area contributed by atoms with Gasteiger partial charge in [-0.2, -0.15) is 0 Å². The SMILES string of the molecule is O=C(c1ccco1)N1CCC[C@@]2(CCN(CCN3CCCC3)C2=O)C1. The standard InChI is InChI=1S/C19H27N3O3/c23-17(16-5-3-14-25-16)22-10-4-6-19(15-22)7-11-21(18(19)24)13-12-20-8-1-2-9-20/h3,5,14H,1-2,4,6-13,15H2/t19-/m1/s1. The van der Waals surface area contributed by atoms with E-state index in [4.69, 9.17) is 4.42 Å². The van der Waals surface area contributed by atoms with Crippen LogP contribution in [0.1, 0.15) is 42.7 Å². The summed E-state index contributed by atoms with van der Waals surface area (Å²) >= 11 is 0. The molecule has 0 aromatic carbocycles. The first-order valence-electron chi connectivity index (χ1n) is 9.52. The second-order valence-corrected chi connectivity index (χ2v) is 7.68. The van der Waals surface area contributed by atoms with E-state index < -0.39 is 0 Å². The van der Waals surface area contributed by atoms with Crippen LogP contribution in [0.15, 0.2) is 22.8 Å². The van der Waals surface area contributed by atoms with Crippen molar-refractivity contribution in [3.63, 3.8) is 0 Å². The predicted octanol–water partition coefficient (Wildman–Crippen LogP) is 1.83. The van der Waals surface area contributed by atoms with Crippen molar-refractivity contribution in [3.05, 3.63) is 24.2 Å². The van der Waals surface area contributed by atoms with Gasteiger partial charge in [0, 0.05) is 32.7 Å². The van der Waals surface area contributed by atoms with Crippen LogP contribution in [0, 0.1) is 5.41 Å². The van der Waals surface area contributed by atoms with Crippen LogP contribution in [0.3, 0.4) is 0 Å². The van der Waals surface area contributed by atoms with Crippen LogP contribution in [0.2, 0.25) is 0 Å². The fraction of sp³-hybridized carbons (Fsp3) is 0.684. The lowest BCUT2D eigenvalue weighted by molar-refractivity contribution is -0.138. The molecule has 0 saturated carbocycles. The van der Waals surface area contributed by atoms with Gasteiger partial charge in [-0.25, -0.2) is 0 Å². The molecule has 1 aromatic rings. The minimum absolute atomic E-state index is 0.0904. The summed E-state index contributed by atoms with van der Waals surface area (Å²) in [7, 11) is 0. The largest absolute Gasteiger partial charge is 0.459 e. The highest BCUT2D eigenvalue weighted by atomic mass is 16.3. The van der Waals surface area contributed by atoms with E-state index in [2.05, 4.69) is 4.90 Å². The Morgan fingerprint density at radius 2 is 1.92 bits per heavy atom. The molecular formula is C19H27N3O3. The topological polar surface area (TPSA) is 57.0 Å². The van der Waals surface area contributed by atoms with E-state index >= 15 is 0 Å². The molecule has 3 aliphatic heterocycles. The molecule has 4 heterocycles. The lowest BCUT2D eigenvalue weighted by atomic mass is 9.78. The predicted molar refractivity (Wildman–Crippen MR) is 93.1 cm³/mol. The number of furan rings is 1. The van der Waals surface area contributed by atoms with Crippen LogP contribution in [0.25, 0.3) is 0 Å². The van der Waals surface area contributed by atoms with E-state index in [1.54, 1.807) is 12.1 Å². The Morgan fingerprint density at radius 3 is 2.68 bits per heavy atom. The summed E-state index contributed by atoms with van der Waals surface area (Å²) in [5, 5.41) is 0. The number of carbonyl (C=O) groups excluding carboxylic acids is 2. The van der Waals surface area contributed by atoms with Crippen molar-refractivity contribution in [1.29, 1.82) is 0 Å². The van der Waals surface area contributed by atoms with E-state index in [0.29, 0.717) is 18.8 Å². The zero-order valence-corrected chi connectivity index (χ0v) is 14.8. The zero-order valence-electron chi connectivity index (χ0n) is 14.8. The minimum atomic E-state index is -0.370. The van der Waals surface area contributed by atoms with Gasteiger partial charge in [-0.3, -0.25) is 9.59 Å². The van der Waals surface area contributed by atoms with E-state index in [1.165, 1.54) is 32.2 Å². The molecule has 0 aliphatic carbocycles. The number of hydrogen-bond donors (Lipinski definition) is 0. The van der Waals surface area contributed by atoms with Gasteiger partial charge in [0.05, 0.1) is 11.7 Å². The fourth-order valence-corrected chi connectivity index (χ4v) is 4.61. The molecule has 6 nitrogen and oxygen atoms in total. The fourth-order valence-electron chi connectivity index (χ4n) is 4.61. The summed E-state index contributed by atoms with van der Waals surface area (Å²) in [5.74, 6) is 0.532. The lowest BCUT2D eigenvalue weighted by Gasteiger charge is -2.38. The third-order valence-corrected chi connectivity index (χ3v) is 6.08. The Kier molecular flexibility index (Phi) is 4.54. The molecule has 3 aliphatic rings. The molecule has 0 unspecified atom stereocenters. The van der Waals surface area contributed by atoms with Gasteiger partial charge in [-0.1, -0.05) is 0 Å². The Balaban J connectivity index is 1.39. The maximum Gasteiger partial charge on any atom is 0.289 e. The van der Waals surface area contributed by atoms with Gasteiger partial charge in [0.2, 0.25) is 5.91 Å². The molecule has 1 atom stereocenters. The first-order valence-corrected chi connectivity index (χ1v) is 9.52. The van der Waals surface area contributed by atoms with Crippen LogP contribution in [-0.4, -0.2) is 72.3 Å². The zero-order chi connectivity index (χ0) is 17.3. The van der Waals surface area contributed by atoms with Crippen LogP contribution < -0.4 is 0 Å². The number of amides is 2. The molecule has 25 heavy (non-hydrogen) atoms. The smallest absolute Gasteiger partial charge is 0.289 e. The molecule has 4 rings (SSSR count). The Morgan fingerprint density at radius 1 is 1.08 bits per heavy atom. The molecule has 3 saturated heterocycles. The van der Waals surface area contributed by atoms with Crippen molar-refractivity contribution in [2.75, 3.05) is 45.8 Å². The number of carbonyl (C=O) groups is 2. The Hall–Kier alpha value is -1.82. The monoisotopic (exact) mass is 345 g/mol. The molecule has 0 N–H and O–H groups in total. The van der Waals surface area contributed by atoms with Crippen molar-refractivity contribution in [2.24, 2.45) is 5.41 Å². The second-order valence-electron chi connectivity index (χ2n) is 7.68. The molecule has 1 aromatic heterocycles. The maximum absolute atomic E-state index is 13.1. The highest BCUT2D eigenvalue weighted by Gasteiger charge is 2.49. The van der Waals surface area contributed by atoms with Crippen molar-refractivity contribution < 1.29 is 14.0 Å². The van der Waals surface area contributed by atoms with E-state index in [-0.39, 0.29) is 17.2 Å². The Labute approximate surface area is 148 Å². The van der Waals surface area contributed by atoms with Gasteiger partial charge in [-0.15, -0.1) is 0 Å². The molecule has 136 valence electrons. The summed E-state index contributed by atoms with van der Waals surface area (Å²) in [6, 6.07) is 3.43. The van der Waals surface area contributed by atoms with Crippen LogP contribution >= 0.6 is 0 Å². The van der Waals surface area contributed by atoms with Gasteiger partial charge in [0.15, 0.2) is 5.76 Å². The maximum atomic E-state index is 13.1. The van der Waals surface area contributed by atoms with Gasteiger partial charge >= 0.3 is 0 Å². The van der Waals surface area contributed by atoms with Crippen LogP contribution in [0.4, 0.5) is 0 Å². The number of piperidine rings is 1. The summed E-state index contributed by atoms with van der Waals surface area (Å²) in [5.41, 5.74) is -0.370. The molecule has 0 radical (unpaired) electrons. The first-order chi connectivity index (χ1) is 12.2. The number of hydrogen-bond acceptors (Lipinski definition) is 4. The van der Waals surface area contributed by atoms with E-state index in [1.807, 2.05) is 9.80 Å². The van der Waals surface area contributed by atoms with Crippen molar-refractivity contribution >= 4 is 11.8 Å². The van der Waals surface area contributed by atoms with Crippen molar-refractivity contribution in [2.45, 2.75) is 32.1 Å². The molecule has 1 spiro atoms. The van der Waals surface area contributed by atoms with Crippen molar-refractivity contribution in [1.82, 2.24) is 14.7 Å². The van der Waals surface area contributed by atoms with E-state index in [0.717, 1.165) is 38.9 Å². The Bertz CT molecular complexity index is 624. The normalized spacial score (nSPS) is 27.6. The van der Waals surface area contributed by atoms with Gasteiger partial charge in [0.25, 0.3) is 5.91 Å². The highest BCUT2D eigenvalue weighted by molar-refractivity contribution is 5.93. The lowest BCUT2D eigenvalue weighted by Crippen LogP contribution is -2.50. The van der Waals surface area contributed by atoms with Gasteiger partial charge in [-0.05, 0) is 57.3 Å². The van der Waals surface area contributed by atoms with Crippen LogP contribution in [0.5, 0.6) is 0 Å². The van der Waals surface area contributed by atoms with Gasteiger partial charge < -0.3 is 19.1 Å². The third-order valence-electron chi connectivity index (χ3n) is 6.08. The van der Waals surface area contributed by atoms with Crippen LogP contribution in [-0.2, 0) is 4.79 Å². The molecule has 3 fully saturated rings. The minimum Gasteiger partial charge on any atom is -0.459 e. The number of nitrogens with zero attached hydrogens (tertiary/aromatic N) is 3. The van der Waals surface area contributed by atoms with Gasteiger partial charge in [0.1, 0.15) is 0 Å². The molecular weight excluding hydrogens is 318 g/mol. The third kappa shape index (κ3) is 3.19. The quantitative estimate of drug-likeness (QED) is 0.835. The summed E-state index contributed by atoms with van der Waals surface area (Å²) < 4.78 is 5.25. The average Bonchev–Trinajstić information content (AvgIpc) is 3.38. The van der Waals surface area contributed by atoms with Crippen molar-refractivity contribution in [3.8, 4) is 0 Å². The number of rotatable bonds is 4. The highest BCUT2D eigenvalue weighted by Crippen LogP contribution is 2.40. The summed E-state index contributed by atoms with van der Waals surface area (Å²) in [6.45, 7) is 6.21. The molecule has 2 amide bonds. The summed E-state index contributed by atoms with van der Waals surface area (Å²) in [6.07, 6.45) is 6.73. The molecule has 0 bridgehead atoms. The van der Waals surface area contributed by atoms with E-state index in [9.17, 15) is 9.59 Å². The second kappa shape index (κ2) is 6.83. The average molecular weight is 345 g/mol. The summed E-state index contributed by atoms with van der Waals surface area (Å²) in [4.78, 5) is 32.0. The molecule has 6 heteroatoms. The first kappa shape index (κ1) is 16.6. The number of likely N-dealkylation sites (tertiary alicyclic amines) is 3.